The van der Waals surface area contributed by atoms with E-state index in [1.807, 2.05) is 27.0 Å². The second-order valence-electron chi connectivity index (χ2n) is 6.47. The molecule has 1 saturated carbocycles. The van der Waals surface area contributed by atoms with Crippen LogP contribution in [0.2, 0.25) is 0 Å². The molecule has 1 amide bonds. The van der Waals surface area contributed by atoms with Gasteiger partial charge in [0.25, 0.3) is 0 Å². The highest BCUT2D eigenvalue weighted by atomic mass is 32.1. The molecule has 118 valence electrons. The Morgan fingerprint density at radius 2 is 2.14 bits per heavy atom. The number of alkyl carbamates (subject to hydrolysis) is 1. The summed E-state index contributed by atoms with van der Waals surface area (Å²) in [5, 5.41) is 7.59. The van der Waals surface area contributed by atoms with E-state index in [0.29, 0.717) is 6.04 Å². The molecule has 0 atom stereocenters. The highest BCUT2D eigenvalue weighted by molar-refractivity contribution is 7.11. The zero-order valence-electron chi connectivity index (χ0n) is 13.2. The smallest absolute Gasteiger partial charge is 0.407 e. The molecule has 5 nitrogen and oxygen atoms in total. The molecule has 1 aliphatic rings. The number of carbonyl (C=O) groups excluding carboxylic acids is 1. The Labute approximate surface area is 130 Å². The van der Waals surface area contributed by atoms with Gasteiger partial charge in [0.15, 0.2) is 0 Å². The van der Waals surface area contributed by atoms with Gasteiger partial charge in [-0.05, 0) is 40.0 Å². The van der Waals surface area contributed by atoms with Gasteiger partial charge >= 0.3 is 6.09 Å². The Balaban J connectivity index is 1.62. The summed E-state index contributed by atoms with van der Waals surface area (Å²) in [7, 11) is 0. The molecule has 1 aromatic rings. The molecule has 1 fully saturated rings. The van der Waals surface area contributed by atoms with Gasteiger partial charge in [-0.25, -0.2) is 9.78 Å². The van der Waals surface area contributed by atoms with Crippen molar-refractivity contribution in [1.29, 1.82) is 0 Å². The molecule has 1 heterocycles. The largest absolute Gasteiger partial charge is 0.444 e. The summed E-state index contributed by atoms with van der Waals surface area (Å²) in [6, 6.07) is 0.696. The lowest BCUT2D eigenvalue weighted by Gasteiger charge is -2.36. The van der Waals surface area contributed by atoms with Crippen molar-refractivity contribution in [2.75, 3.05) is 0 Å². The minimum absolute atomic E-state index is 0.227. The molecular weight excluding hydrogens is 286 g/mol. The number of aryl methyl sites for hydroxylation is 1. The van der Waals surface area contributed by atoms with Gasteiger partial charge in [-0.15, -0.1) is 11.3 Å². The van der Waals surface area contributed by atoms with Crippen LogP contribution in [0, 0.1) is 0 Å². The van der Waals surface area contributed by atoms with Crippen LogP contribution in [0.15, 0.2) is 6.20 Å². The Bertz CT molecular complexity index is 476. The second kappa shape index (κ2) is 6.75. The third kappa shape index (κ3) is 5.28. The van der Waals surface area contributed by atoms with E-state index < -0.39 is 5.60 Å². The van der Waals surface area contributed by atoms with Gasteiger partial charge in [-0.3, -0.25) is 0 Å². The third-order valence-electron chi connectivity index (χ3n) is 3.33. The average molecular weight is 311 g/mol. The summed E-state index contributed by atoms with van der Waals surface area (Å²) in [6.07, 6.45) is 4.54. The van der Waals surface area contributed by atoms with Gasteiger partial charge in [0.2, 0.25) is 0 Å². The fourth-order valence-electron chi connectivity index (χ4n) is 2.21. The summed E-state index contributed by atoms with van der Waals surface area (Å²) in [6.45, 7) is 8.60. The molecule has 2 N–H and O–H groups in total. The quantitative estimate of drug-likeness (QED) is 0.877. The van der Waals surface area contributed by atoms with E-state index in [4.69, 9.17) is 4.74 Å². The van der Waals surface area contributed by atoms with Crippen molar-refractivity contribution in [3.8, 4) is 0 Å². The van der Waals surface area contributed by atoms with E-state index in [9.17, 15) is 4.79 Å². The standard InChI is InChI=1S/C15H25N3O2S/c1-5-13-17-9-12(21-13)8-16-10-6-11(7-10)18-14(19)20-15(2,3)4/h9-11,16H,5-8H2,1-4H3,(H,18,19). The molecule has 21 heavy (non-hydrogen) atoms. The minimum atomic E-state index is -0.436. The number of ether oxygens (including phenoxy) is 1. The van der Waals surface area contributed by atoms with Crippen LogP contribution < -0.4 is 10.6 Å². The topological polar surface area (TPSA) is 63.2 Å². The predicted octanol–water partition coefficient (Wildman–Crippen LogP) is 2.85. The lowest BCUT2D eigenvalue weighted by atomic mass is 9.87. The minimum Gasteiger partial charge on any atom is -0.444 e. The van der Waals surface area contributed by atoms with Crippen molar-refractivity contribution < 1.29 is 9.53 Å². The van der Waals surface area contributed by atoms with E-state index in [0.717, 1.165) is 25.8 Å². The van der Waals surface area contributed by atoms with E-state index >= 15 is 0 Å². The van der Waals surface area contributed by atoms with Crippen molar-refractivity contribution in [1.82, 2.24) is 15.6 Å². The molecule has 2 rings (SSSR count). The molecule has 0 aromatic carbocycles. The van der Waals surface area contributed by atoms with Crippen molar-refractivity contribution in [3.05, 3.63) is 16.1 Å². The van der Waals surface area contributed by atoms with Crippen molar-refractivity contribution in [2.24, 2.45) is 0 Å². The van der Waals surface area contributed by atoms with Crippen LogP contribution in [0.4, 0.5) is 4.79 Å². The summed E-state index contributed by atoms with van der Waals surface area (Å²) in [5.74, 6) is 0. The highest BCUT2D eigenvalue weighted by Gasteiger charge is 2.31. The maximum Gasteiger partial charge on any atom is 0.407 e. The van der Waals surface area contributed by atoms with Crippen molar-refractivity contribution in [3.63, 3.8) is 0 Å². The number of nitrogens with one attached hydrogen (secondary N) is 2. The van der Waals surface area contributed by atoms with Gasteiger partial charge in [-0.2, -0.15) is 0 Å². The van der Waals surface area contributed by atoms with Gasteiger partial charge in [0.05, 0.1) is 5.01 Å². The van der Waals surface area contributed by atoms with Crippen LogP contribution in [0.1, 0.15) is 50.4 Å². The van der Waals surface area contributed by atoms with Crippen LogP contribution in [0.25, 0.3) is 0 Å². The first-order valence-corrected chi connectivity index (χ1v) is 8.34. The Hall–Kier alpha value is -1.14. The van der Waals surface area contributed by atoms with Gasteiger partial charge in [-0.1, -0.05) is 6.92 Å². The van der Waals surface area contributed by atoms with Crippen LogP contribution in [0.5, 0.6) is 0 Å². The van der Waals surface area contributed by atoms with Gasteiger partial charge < -0.3 is 15.4 Å². The third-order valence-corrected chi connectivity index (χ3v) is 4.47. The zero-order valence-corrected chi connectivity index (χ0v) is 14.0. The van der Waals surface area contributed by atoms with Crippen molar-refractivity contribution in [2.45, 2.75) is 71.2 Å². The van der Waals surface area contributed by atoms with Crippen LogP contribution in [0.3, 0.4) is 0 Å². The molecule has 0 unspecified atom stereocenters. The van der Waals surface area contributed by atoms with E-state index in [2.05, 4.69) is 22.5 Å². The summed E-state index contributed by atoms with van der Waals surface area (Å²) >= 11 is 1.76. The summed E-state index contributed by atoms with van der Waals surface area (Å²) in [4.78, 5) is 17.2. The molecule has 0 spiro atoms. The first-order chi connectivity index (χ1) is 9.85. The Morgan fingerprint density at radius 3 is 2.71 bits per heavy atom. The van der Waals surface area contributed by atoms with E-state index in [1.54, 1.807) is 11.3 Å². The number of amides is 1. The summed E-state index contributed by atoms with van der Waals surface area (Å²) < 4.78 is 5.25. The second-order valence-corrected chi connectivity index (χ2v) is 7.67. The first kappa shape index (κ1) is 16.2. The monoisotopic (exact) mass is 311 g/mol. The maximum atomic E-state index is 11.6. The fourth-order valence-corrected chi connectivity index (χ4v) is 3.03. The lowest BCUT2D eigenvalue weighted by Crippen LogP contribution is -2.52. The number of hydrogen-bond acceptors (Lipinski definition) is 5. The van der Waals surface area contributed by atoms with E-state index in [1.165, 1.54) is 9.88 Å². The molecule has 0 aliphatic heterocycles. The molecule has 0 bridgehead atoms. The first-order valence-electron chi connectivity index (χ1n) is 7.52. The van der Waals surface area contributed by atoms with Gasteiger partial charge in [0.1, 0.15) is 5.60 Å². The summed E-state index contributed by atoms with van der Waals surface area (Å²) in [5.41, 5.74) is -0.436. The average Bonchev–Trinajstić information content (AvgIpc) is 2.77. The van der Waals surface area contributed by atoms with Crippen LogP contribution in [-0.2, 0) is 17.7 Å². The molecule has 1 aromatic heterocycles. The maximum absolute atomic E-state index is 11.6. The normalized spacial score (nSPS) is 21.7. The molecule has 0 radical (unpaired) electrons. The number of nitrogens with zero attached hydrogens (tertiary/aromatic N) is 1. The highest BCUT2D eigenvalue weighted by Crippen LogP contribution is 2.22. The molecular formula is C15H25N3O2S. The van der Waals surface area contributed by atoms with Crippen molar-refractivity contribution >= 4 is 17.4 Å². The SMILES string of the molecule is CCc1ncc(CNC2CC(NC(=O)OC(C)(C)C)C2)s1. The van der Waals surface area contributed by atoms with E-state index in [-0.39, 0.29) is 12.1 Å². The number of hydrogen-bond donors (Lipinski definition) is 2. The zero-order chi connectivity index (χ0) is 15.5. The molecule has 6 heteroatoms. The molecule has 0 saturated heterocycles. The Kier molecular flexibility index (Phi) is 5.22. The predicted molar refractivity (Wildman–Crippen MR) is 84.5 cm³/mol. The van der Waals surface area contributed by atoms with Gasteiger partial charge in [0, 0.05) is 29.7 Å². The van der Waals surface area contributed by atoms with Crippen LogP contribution >= 0.6 is 11.3 Å². The number of carbonyl (C=O) groups is 1. The fraction of sp³-hybridized carbons (Fsp3) is 0.733. The lowest BCUT2D eigenvalue weighted by molar-refractivity contribution is 0.0465. The molecule has 1 aliphatic carbocycles. The Morgan fingerprint density at radius 1 is 1.43 bits per heavy atom. The number of aromatic nitrogens is 1. The number of rotatable bonds is 5. The number of thiazole rings is 1. The van der Waals surface area contributed by atoms with Crippen LogP contribution in [-0.4, -0.2) is 28.8 Å².